The molecule has 0 radical (unpaired) electrons. The van der Waals surface area contributed by atoms with Crippen molar-refractivity contribution in [2.75, 3.05) is 18.5 Å². The van der Waals surface area contributed by atoms with Gasteiger partial charge in [-0.1, -0.05) is 37.3 Å². The average molecular weight is 326 g/mol. The van der Waals surface area contributed by atoms with Gasteiger partial charge in [-0.3, -0.25) is 4.79 Å². The highest BCUT2D eigenvalue weighted by molar-refractivity contribution is 5.91. The number of nitrogens with one attached hydrogen (secondary N) is 2. The molecule has 0 saturated heterocycles. The van der Waals surface area contributed by atoms with E-state index in [9.17, 15) is 4.79 Å². The van der Waals surface area contributed by atoms with Crippen LogP contribution in [-0.4, -0.2) is 19.1 Å². The highest BCUT2D eigenvalue weighted by atomic mass is 16.5. The minimum absolute atomic E-state index is 0.0350. The van der Waals surface area contributed by atoms with Crippen LogP contribution < -0.4 is 15.4 Å². The minimum atomic E-state index is 0.0350. The maximum atomic E-state index is 12.2. The van der Waals surface area contributed by atoms with E-state index in [2.05, 4.69) is 17.6 Å². The molecule has 0 fully saturated rings. The first kappa shape index (κ1) is 18.0. The molecular formula is C20H26N2O2. The molecule has 2 aromatic carbocycles. The van der Waals surface area contributed by atoms with E-state index in [1.807, 2.05) is 55.5 Å². The summed E-state index contributed by atoms with van der Waals surface area (Å²) in [6.07, 6.45) is 1.18. The van der Waals surface area contributed by atoms with E-state index in [1.165, 1.54) is 0 Å². The molecule has 0 saturated carbocycles. The molecule has 0 spiro atoms. The molecule has 2 rings (SSSR count). The van der Waals surface area contributed by atoms with Crippen molar-refractivity contribution >= 4 is 11.6 Å². The second kappa shape index (κ2) is 9.73. The van der Waals surface area contributed by atoms with Crippen LogP contribution in [0.25, 0.3) is 0 Å². The fourth-order valence-electron chi connectivity index (χ4n) is 2.45. The van der Waals surface area contributed by atoms with Gasteiger partial charge in [-0.25, -0.2) is 0 Å². The lowest BCUT2D eigenvalue weighted by molar-refractivity contribution is -0.116. The molecule has 2 N–H and O–H groups in total. The van der Waals surface area contributed by atoms with Crippen molar-refractivity contribution in [3.63, 3.8) is 0 Å². The highest BCUT2D eigenvalue weighted by Crippen LogP contribution is 2.16. The standard InChI is InChI=1S/C20H26N2O2/c1-3-21-15-17-7-5-6-8-19(17)22-20(23)14-11-16-9-12-18(13-10-16)24-4-2/h5-10,12-13,21H,3-4,11,14-15H2,1-2H3,(H,22,23). The third-order valence-corrected chi connectivity index (χ3v) is 3.73. The van der Waals surface area contributed by atoms with Gasteiger partial charge in [0.05, 0.1) is 6.61 Å². The maximum Gasteiger partial charge on any atom is 0.224 e. The zero-order valence-electron chi connectivity index (χ0n) is 14.5. The number of rotatable bonds is 9. The normalized spacial score (nSPS) is 10.4. The monoisotopic (exact) mass is 326 g/mol. The number of ether oxygens (including phenoxy) is 1. The Kier molecular flexibility index (Phi) is 7.30. The molecule has 0 aliphatic carbocycles. The van der Waals surface area contributed by atoms with Crippen molar-refractivity contribution < 1.29 is 9.53 Å². The number of aryl methyl sites for hydroxylation is 1. The lowest BCUT2D eigenvalue weighted by Crippen LogP contribution is -2.17. The third kappa shape index (κ3) is 5.70. The van der Waals surface area contributed by atoms with Crippen molar-refractivity contribution in [2.24, 2.45) is 0 Å². The molecular weight excluding hydrogens is 300 g/mol. The zero-order chi connectivity index (χ0) is 17.2. The van der Waals surface area contributed by atoms with E-state index in [-0.39, 0.29) is 5.91 Å². The van der Waals surface area contributed by atoms with Gasteiger partial charge in [-0.2, -0.15) is 0 Å². The molecule has 0 heterocycles. The van der Waals surface area contributed by atoms with Crippen LogP contribution in [0.2, 0.25) is 0 Å². The molecule has 0 aromatic heterocycles. The quantitative estimate of drug-likeness (QED) is 0.737. The Hall–Kier alpha value is -2.33. The number of amides is 1. The molecule has 0 aliphatic rings. The number of hydrogen-bond donors (Lipinski definition) is 2. The topological polar surface area (TPSA) is 50.4 Å². The molecule has 0 unspecified atom stereocenters. The Labute approximate surface area is 144 Å². The van der Waals surface area contributed by atoms with Gasteiger partial charge in [-0.05, 0) is 49.2 Å². The molecule has 0 atom stereocenters. The smallest absolute Gasteiger partial charge is 0.224 e. The molecule has 24 heavy (non-hydrogen) atoms. The number of benzene rings is 2. The predicted octanol–water partition coefficient (Wildman–Crippen LogP) is 3.77. The van der Waals surface area contributed by atoms with Crippen LogP contribution >= 0.6 is 0 Å². The summed E-state index contributed by atoms with van der Waals surface area (Å²) in [4.78, 5) is 12.2. The van der Waals surface area contributed by atoms with Crippen LogP contribution in [0.1, 0.15) is 31.4 Å². The van der Waals surface area contributed by atoms with E-state index in [4.69, 9.17) is 4.74 Å². The van der Waals surface area contributed by atoms with Gasteiger partial charge in [0.15, 0.2) is 0 Å². The molecule has 1 amide bonds. The summed E-state index contributed by atoms with van der Waals surface area (Å²) in [5.74, 6) is 0.899. The molecule has 4 nitrogen and oxygen atoms in total. The van der Waals surface area contributed by atoms with Crippen LogP contribution in [0.5, 0.6) is 5.75 Å². The van der Waals surface area contributed by atoms with Crippen LogP contribution in [-0.2, 0) is 17.8 Å². The van der Waals surface area contributed by atoms with E-state index in [0.29, 0.717) is 19.4 Å². The summed E-state index contributed by atoms with van der Waals surface area (Å²) >= 11 is 0. The molecule has 4 heteroatoms. The van der Waals surface area contributed by atoms with Gasteiger partial charge in [0.1, 0.15) is 5.75 Å². The van der Waals surface area contributed by atoms with Crippen LogP contribution in [0, 0.1) is 0 Å². The Morgan fingerprint density at radius 2 is 1.79 bits per heavy atom. The first-order chi connectivity index (χ1) is 11.7. The second-order valence-corrected chi connectivity index (χ2v) is 5.56. The van der Waals surface area contributed by atoms with E-state index in [0.717, 1.165) is 35.7 Å². The molecule has 0 bridgehead atoms. The molecule has 0 aliphatic heterocycles. The summed E-state index contributed by atoms with van der Waals surface area (Å²) in [6, 6.07) is 15.8. The summed E-state index contributed by atoms with van der Waals surface area (Å²) < 4.78 is 5.43. The van der Waals surface area contributed by atoms with E-state index < -0.39 is 0 Å². The van der Waals surface area contributed by atoms with E-state index in [1.54, 1.807) is 0 Å². The van der Waals surface area contributed by atoms with Gasteiger partial charge < -0.3 is 15.4 Å². The SMILES string of the molecule is CCNCc1ccccc1NC(=O)CCc1ccc(OCC)cc1. The second-order valence-electron chi connectivity index (χ2n) is 5.56. The van der Waals surface area contributed by atoms with Crippen LogP contribution in [0.3, 0.4) is 0 Å². The average Bonchev–Trinajstić information content (AvgIpc) is 2.61. The number of para-hydroxylation sites is 1. The summed E-state index contributed by atoms with van der Waals surface area (Å²) in [5.41, 5.74) is 3.12. The number of hydrogen-bond acceptors (Lipinski definition) is 3. The lowest BCUT2D eigenvalue weighted by atomic mass is 10.1. The Morgan fingerprint density at radius 1 is 1.04 bits per heavy atom. The van der Waals surface area contributed by atoms with Crippen molar-refractivity contribution in [2.45, 2.75) is 33.2 Å². The van der Waals surface area contributed by atoms with Crippen molar-refractivity contribution in [3.8, 4) is 5.75 Å². The summed E-state index contributed by atoms with van der Waals surface area (Å²) in [5, 5.41) is 6.31. The van der Waals surface area contributed by atoms with Crippen LogP contribution in [0.15, 0.2) is 48.5 Å². The molecule has 128 valence electrons. The van der Waals surface area contributed by atoms with Crippen LogP contribution in [0.4, 0.5) is 5.69 Å². The highest BCUT2D eigenvalue weighted by Gasteiger charge is 2.07. The largest absolute Gasteiger partial charge is 0.494 e. The first-order valence-electron chi connectivity index (χ1n) is 8.53. The third-order valence-electron chi connectivity index (χ3n) is 3.73. The Balaban J connectivity index is 1.87. The number of carbonyl (C=O) groups excluding carboxylic acids is 1. The number of anilines is 1. The summed E-state index contributed by atoms with van der Waals surface area (Å²) in [7, 11) is 0. The Bertz CT molecular complexity index is 638. The maximum absolute atomic E-state index is 12.2. The molecule has 2 aromatic rings. The van der Waals surface area contributed by atoms with Gasteiger partial charge in [0.2, 0.25) is 5.91 Å². The summed E-state index contributed by atoms with van der Waals surface area (Å²) in [6.45, 7) is 6.35. The lowest BCUT2D eigenvalue weighted by Gasteiger charge is -2.11. The zero-order valence-corrected chi connectivity index (χ0v) is 14.5. The fourth-order valence-corrected chi connectivity index (χ4v) is 2.45. The van der Waals surface area contributed by atoms with E-state index >= 15 is 0 Å². The van der Waals surface area contributed by atoms with Gasteiger partial charge in [0, 0.05) is 18.7 Å². The minimum Gasteiger partial charge on any atom is -0.494 e. The Morgan fingerprint density at radius 3 is 2.50 bits per heavy atom. The predicted molar refractivity (Wildman–Crippen MR) is 98.4 cm³/mol. The van der Waals surface area contributed by atoms with Crippen molar-refractivity contribution in [1.29, 1.82) is 0 Å². The number of carbonyl (C=O) groups is 1. The first-order valence-corrected chi connectivity index (χ1v) is 8.53. The van der Waals surface area contributed by atoms with Crippen molar-refractivity contribution in [3.05, 3.63) is 59.7 Å². The van der Waals surface area contributed by atoms with Crippen molar-refractivity contribution in [1.82, 2.24) is 5.32 Å². The fraction of sp³-hybridized carbons (Fsp3) is 0.350. The van der Waals surface area contributed by atoms with Gasteiger partial charge >= 0.3 is 0 Å². The van der Waals surface area contributed by atoms with Gasteiger partial charge in [-0.15, -0.1) is 0 Å². The van der Waals surface area contributed by atoms with Gasteiger partial charge in [0.25, 0.3) is 0 Å².